The summed E-state index contributed by atoms with van der Waals surface area (Å²) in [6.07, 6.45) is -0.295. The number of rotatable bonds is 13. The van der Waals surface area contributed by atoms with Crippen LogP contribution in [0.3, 0.4) is 0 Å². The molecular formula is C37H44N4O7S2. The molecule has 0 bridgehead atoms. The smallest absolute Gasteiger partial charge is 0.254 e. The van der Waals surface area contributed by atoms with Gasteiger partial charge >= 0.3 is 0 Å². The Labute approximate surface area is 300 Å². The number of aliphatic hydroxyl groups excluding tert-OH is 2. The van der Waals surface area contributed by atoms with Crippen LogP contribution in [0.2, 0.25) is 0 Å². The Balaban J connectivity index is 1.33. The zero-order chi connectivity index (χ0) is 36.0. The van der Waals surface area contributed by atoms with E-state index in [1.165, 1.54) is 40.6 Å². The Bertz CT molecular complexity index is 1690. The van der Waals surface area contributed by atoms with Gasteiger partial charge in [-0.15, -0.1) is 11.8 Å². The fraction of sp³-hybridized carbons (Fsp3) is 0.405. The van der Waals surface area contributed by atoms with Crippen molar-refractivity contribution in [1.82, 2.24) is 20.9 Å². The Morgan fingerprint density at radius 1 is 0.980 bits per heavy atom. The summed E-state index contributed by atoms with van der Waals surface area (Å²) >= 11 is 2.75. The number of nitrogens with one attached hydrogen (secondary N) is 3. The summed E-state index contributed by atoms with van der Waals surface area (Å²) in [5.41, 5.74) is 3.11. The van der Waals surface area contributed by atoms with Gasteiger partial charge in [0.15, 0.2) is 6.10 Å². The zero-order valence-corrected chi connectivity index (χ0v) is 29.9. The maximum Gasteiger partial charge on any atom is 0.254 e. The Morgan fingerprint density at radius 3 is 2.40 bits per heavy atom. The van der Waals surface area contributed by atoms with Crippen LogP contribution in [0.15, 0.2) is 78.9 Å². The topological polar surface area (TPSA) is 168 Å². The van der Waals surface area contributed by atoms with Crippen molar-refractivity contribution in [3.05, 3.63) is 101 Å². The summed E-state index contributed by atoms with van der Waals surface area (Å²) in [7, 11) is 0. The van der Waals surface area contributed by atoms with E-state index in [-0.39, 0.29) is 30.2 Å². The lowest BCUT2D eigenvalue weighted by atomic mass is 9.96. The number of carbonyl (C=O) groups is 4. The third-order valence-corrected chi connectivity index (χ3v) is 11.1. The van der Waals surface area contributed by atoms with Crippen LogP contribution in [0.5, 0.6) is 5.75 Å². The highest BCUT2D eigenvalue weighted by Crippen LogP contribution is 2.41. The lowest BCUT2D eigenvalue weighted by Crippen LogP contribution is -2.60. The first kappa shape index (κ1) is 37.2. The molecule has 1 heterocycles. The minimum absolute atomic E-state index is 0.0251. The van der Waals surface area contributed by atoms with Crippen LogP contribution in [-0.2, 0) is 38.4 Å². The van der Waals surface area contributed by atoms with E-state index in [2.05, 4.69) is 16.0 Å². The van der Waals surface area contributed by atoms with Crippen LogP contribution < -0.4 is 16.0 Å². The normalized spacial score (nSPS) is 21.1. The number of phenols is 1. The number of thioether (sulfide) groups is 2. The van der Waals surface area contributed by atoms with Gasteiger partial charge in [0.05, 0.1) is 30.5 Å². The molecule has 0 spiro atoms. The molecule has 1 aliphatic carbocycles. The molecule has 266 valence electrons. The molecule has 0 aromatic heterocycles. The SMILES string of the molecule is CSC[C@H](NC(=O)Cc1cccc(O)c1)C(=O)N[C@@H](Cc1ccccc1)[C@H](O)C(=O)N1CSC(C)(C)[C@H]1C(=O)N[C@H]1c2ccccc2C[C@H]1O. The molecule has 3 aromatic carbocycles. The number of fused-ring (bicyclic) bond motifs is 1. The fourth-order valence-electron chi connectivity index (χ4n) is 6.57. The molecule has 1 saturated heterocycles. The van der Waals surface area contributed by atoms with Gasteiger partial charge in [-0.2, -0.15) is 11.8 Å². The van der Waals surface area contributed by atoms with Crippen molar-refractivity contribution >= 4 is 47.2 Å². The number of carbonyl (C=O) groups excluding carboxylic acids is 4. The van der Waals surface area contributed by atoms with Gasteiger partial charge in [-0.05, 0) is 60.9 Å². The molecule has 0 saturated carbocycles. The van der Waals surface area contributed by atoms with Gasteiger partial charge in [0.2, 0.25) is 17.7 Å². The molecule has 0 radical (unpaired) electrons. The average molecular weight is 721 g/mol. The molecule has 50 heavy (non-hydrogen) atoms. The van der Waals surface area contributed by atoms with Crippen molar-refractivity contribution in [2.45, 2.75) is 74.2 Å². The van der Waals surface area contributed by atoms with E-state index in [1.54, 1.807) is 18.4 Å². The molecule has 1 aliphatic heterocycles. The lowest BCUT2D eigenvalue weighted by molar-refractivity contribution is -0.148. The number of aromatic hydroxyl groups is 1. The van der Waals surface area contributed by atoms with Crippen molar-refractivity contribution in [2.24, 2.45) is 0 Å². The van der Waals surface area contributed by atoms with Gasteiger partial charge in [-0.3, -0.25) is 19.2 Å². The molecule has 3 aromatic rings. The molecule has 6 atom stereocenters. The Morgan fingerprint density at radius 2 is 1.68 bits per heavy atom. The summed E-state index contributed by atoms with van der Waals surface area (Å²) in [6.45, 7) is 3.71. The van der Waals surface area contributed by atoms with E-state index in [0.717, 1.165) is 16.7 Å². The summed E-state index contributed by atoms with van der Waals surface area (Å²) in [5, 5.41) is 40.8. The number of hydrogen-bond acceptors (Lipinski definition) is 9. The molecule has 2 aliphatic rings. The van der Waals surface area contributed by atoms with E-state index in [0.29, 0.717) is 12.0 Å². The van der Waals surface area contributed by atoms with Crippen LogP contribution >= 0.6 is 23.5 Å². The predicted molar refractivity (Wildman–Crippen MR) is 194 cm³/mol. The molecule has 13 heteroatoms. The maximum absolute atomic E-state index is 14.2. The van der Waals surface area contributed by atoms with Gasteiger partial charge < -0.3 is 36.2 Å². The Kier molecular flexibility index (Phi) is 12.2. The van der Waals surface area contributed by atoms with E-state index in [9.17, 15) is 34.5 Å². The van der Waals surface area contributed by atoms with E-state index < -0.39 is 64.8 Å². The number of aliphatic hydroxyl groups is 2. The third-order valence-electron chi connectivity index (χ3n) is 9.10. The largest absolute Gasteiger partial charge is 0.508 e. The molecule has 1 fully saturated rings. The molecule has 4 amide bonds. The van der Waals surface area contributed by atoms with Crippen molar-refractivity contribution in [1.29, 1.82) is 0 Å². The molecule has 5 rings (SSSR count). The fourth-order valence-corrected chi connectivity index (χ4v) is 8.28. The highest BCUT2D eigenvalue weighted by Gasteiger charge is 2.51. The second-order valence-corrected chi connectivity index (χ2v) is 15.7. The van der Waals surface area contributed by atoms with Crippen molar-refractivity contribution in [3.63, 3.8) is 0 Å². The van der Waals surface area contributed by atoms with E-state index >= 15 is 0 Å². The second-order valence-electron chi connectivity index (χ2n) is 13.2. The van der Waals surface area contributed by atoms with Gasteiger partial charge in [0, 0.05) is 16.9 Å². The average Bonchev–Trinajstić information content (AvgIpc) is 3.58. The second kappa shape index (κ2) is 16.3. The number of phenolic OH excluding ortho intramolecular Hbond substituents is 1. The van der Waals surface area contributed by atoms with Gasteiger partial charge in [0.25, 0.3) is 5.91 Å². The van der Waals surface area contributed by atoms with Crippen LogP contribution in [-0.4, -0.2) is 96.8 Å². The summed E-state index contributed by atoms with van der Waals surface area (Å²) in [6, 6.07) is 19.2. The highest BCUT2D eigenvalue weighted by atomic mass is 32.2. The minimum atomic E-state index is -1.72. The van der Waals surface area contributed by atoms with Crippen molar-refractivity contribution in [2.75, 3.05) is 17.9 Å². The predicted octanol–water partition coefficient (Wildman–Crippen LogP) is 2.33. The highest BCUT2D eigenvalue weighted by molar-refractivity contribution is 8.00. The Hall–Kier alpha value is -4.04. The molecular weight excluding hydrogens is 677 g/mol. The first-order valence-corrected chi connectivity index (χ1v) is 18.8. The number of amides is 4. The van der Waals surface area contributed by atoms with Gasteiger partial charge in [-0.1, -0.05) is 66.7 Å². The standard InChI is InChI=1S/C37H44N4O7S2/c1-37(2)33(35(47)40-31-26-15-8-7-13-24(26)19-29(31)43)41(21-50-37)36(48)32(45)27(17-22-10-5-4-6-11-22)39-34(46)28(20-49-3)38-30(44)18-23-12-9-14-25(42)16-23/h4-16,27-29,31-33,42-43,45H,17-21H2,1-3H3,(H,38,44)(H,39,46)(H,40,47)/t27-,28-,29+,31-,32-,33+/m0/s1. The lowest BCUT2D eigenvalue weighted by Gasteiger charge is -2.34. The van der Waals surface area contributed by atoms with Crippen LogP contribution in [0.1, 0.15) is 42.1 Å². The third kappa shape index (κ3) is 8.81. The van der Waals surface area contributed by atoms with Crippen LogP contribution in [0.4, 0.5) is 0 Å². The minimum Gasteiger partial charge on any atom is -0.508 e. The summed E-state index contributed by atoms with van der Waals surface area (Å²) in [4.78, 5) is 56.1. The number of hydrogen-bond donors (Lipinski definition) is 6. The van der Waals surface area contributed by atoms with Gasteiger partial charge in [0.1, 0.15) is 17.8 Å². The summed E-state index contributed by atoms with van der Waals surface area (Å²) in [5.74, 6) is -1.77. The van der Waals surface area contributed by atoms with Crippen LogP contribution in [0.25, 0.3) is 0 Å². The number of nitrogens with zero attached hydrogens (tertiary/aromatic N) is 1. The van der Waals surface area contributed by atoms with E-state index in [1.807, 2.05) is 68.4 Å². The van der Waals surface area contributed by atoms with Crippen LogP contribution in [0, 0.1) is 0 Å². The first-order chi connectivity index (χ1) is 23.9. The number of benzene rings is 3. The van der Waals surface area contributed by atoms with Gasteiger partial charge in [-0.25, -0.2) is 0 Å². The van der Waals surface area contributed by atoms with Crippen molar-refractivity contribution < 1.29 is 34.5 Å². The maximum atomic E-state index is 14.2. The monoisotopic (exact) mass is 720 g/mol. The quantitative estimate of drug-likeness (QED) is 0.155. The molecule has 0 unspecified atom stereocenters. The zero-order valence-electron chi connectivity index (χ0n) is 28.2. The van der Waals surface area contributed by atoms with E-state index in [4.69, 9.17) is 0 Å². The first-order valence-electron chi connectivity index (χ1n) is 16.5. The summed E-state index contributed by atoms with van der Waals surface area (Å²) < 4.78 is -0.718. The molecule has 11 nitrogen and oxygen atoms in total. The van der Waals surface area contributed by atoms with Crippen molar-refractivity contribution in [3.8, 4) is 5.75 Å². The molecule has 6 N–H and O–H groups in total.